The van der Waals surface area contributed by atoms with Crippen molar-refractivity contribution in [1.29, 1.82) is 0 Å². The maximum absolute atomic E-state index is 13.1. The van der Waals surface area contributed by atoms with Gasteiger partial charge in [-0.05, 0) is 63.0 Å². The van der Waals surface area contributed by atoms with Crippen LogP contribution in [-0.4, -0.2) is 41.4 Å². The van der Waals surface area contributed by atoms with Crippen LogP contribution in [0.2, 0.25) is 0 Å². The highest BCUT2D eigenvalue weighted by Crippen LogP contribution is 2.28. The Hall–Kier alpha value is -2.67. The van der Waals surface area contributed by atoms with Crippen LogP contribution in [-0.2, 0) is 26.3 Å². The van der Waals surface area contributed by atoms with Gasteiger partial charge in [0.05, 0.1) is 6.61 Å². The summed E-state index contributed by atoms with van der Waals surface area (Å²) >= 11 is 0. The average Bonchev–Trinajstić information content (AvgIpc) is 3.23. The molecule has 7 nitrogen and oxygen atoms in total. The minimum absolute atomic E-state index is 0.0491. The SMILES string of the molecule is CCOC(=O)CCc1ccc(NC(=O)C2(n3cccn3)CCNCC2)cc1. The molecule has 0 aliphatic carbocycles. The van der Waals surface area contributed by atoms with Crippen LogP contribution in [0.5, 0.6) is 0 Å². The van der Waals surface area contributed by atoms with Gasteiger partial charge < -0.3 is 15.4 Å². The second kappa shape index (κ2) is 8.81. The smallest absolute Gasteiger partial charge is 0.306 e. The van der Waals surface area contributed by atoms with E-state index in [-0.39, 0.29) is 11.9 Å². The Morgan fingerprint density at radius 1 is 1.26 bits per heavy atom. The molecular weight excluding hydrogens is 344 g/mol. The number of amides is 1. The van der Waals surface area contributed by atoms with Crippen LogP contribution < -0.4 is 10.6 Å². The number of carbonyl (C=O) groups excluding carboxylic acids is 2. The second-order valence-electron chi connectivity index (χ2n) is 6.69. The molecule has 0 radical (unpaired) electrons. The number of piperidine rings is 1. The number of hydrogen-bond acceptors (Lipinski definition) is 5. The molecule has 1 aliphatic heterocycles. The number of aromatic nitrogens is 2. The highest BCUT2D eigenvalue weighted by Gasteiger charge is 2.42. The molecule has 1 aliphatic rings. The van der Waals surface area contributed by atoms with E-state index in [9.17, 15) is 9.59 Å². The van der Waals surface area contributed by atoms with Crippen LogP contribution in [0.25, 0.3) is 0 Å². The van der Waals surface area contributed by atoms with E-state index < -0.39 is 5.54 Å². The first-order valence-electron chi connectivity index (χ1n) is 9.41. The molecular formula is C20H26N4O3. The lowest BCUT2D eigenvalue weighted by atomic mass is 9.87. The summed E-state index contributed by atoms with van der Waals surface area (Å²) < 4.78 is 6.72. The van der Waals surface area contributed by atoms with Crippen LogP contribution >= 0.6 is 0 Å². The van der Waals surface area contributed by atoms with E-state index in [1.807, 2.05) is 36.5 Å². The molecule has 1 saturated heterocycles. The second-order valence-corrected chi connectivity index (χ2v) is 6.69. The maximum atomic E-state index is 13.1. The van der Waals surface area contributed by atoms with Crippen molar-refractivity contribution in [2.24, 2.45) is 0 Å². The molecule has 0 atom stereocenters. The molecule has 0 spiro atoms. The molecule has 3 rings (SSSR count). The minimum Gasteiger partial charge on any atom is -0.466 e. The van der Waals surface area contributed by atoms with Gasteiger partial charge in [-0.3, -0.25) is 14.3 Å². The van der Waals surface area contributed by atoms with Crippen LogP contribution in [0, 0.1) is 0 Å². The van der Waals surface area contributed by atoms with Crippen molar-refractivity contribution in [1.82, 2.24) is 15.1 Å². The number of hydrogen-bond donors (Lipinski definition) is 2. The summed E-state index contributed by atoms with van der Waals surface area (Å²) in [5.41, 5.74) is 1.10. The number of nitrogens with zero attached hydrogens (tertiary/aromatic N) is 2. The van der Waals surface area contributed by atoms with Gasteiger partial charge >= 0.3 is 5.97 Å². The summed E-state index contributed by atoms with van der Waals surface area (Å²) in [5.74, 6) is -0.242. The van der Waals surface area contributed by atoms with Crippen molar-refractivity contribution < 1.29 is 14.3 Å². The van der Waals surface area contributed by atoms with Crippen molar-refractivity contribution in [2.45, 2.75) is 38.1 Å². The molecule has 2 aromatic rings. The summed E-state index contributed by atoms with van der Waals surface area (Å²) in [5, 5.41) is 10.7. The van der Waals surface area contributed by atoms with Gasteiger partial charge in [0.1, 0.15) is 5.54 Å². The summed E-state index contributed by atoms with van der Waals surface area (Å²) in [6.07, 6.45) is 5.92. The summed E-state index contributed by atoms with van der Waals surface area (Å²) in [7, 11) is 0. The number of nitrogens with one attached hydrogen (secondary N) is 2. The summed E-state index contributed by atoms with van der Waals surface area (Å²) in [6, 6.07) is 9.44. The Balaban J connectivity index is 1.65. The van der Waals surface area contributed by atoms with Gasteiger partial charge in [0, 0.05) is 24.5 Å². The Morgan fingerprint density at radius 3 is 2.63 bits per heavy atom. The largest absolute Gasteiger partial charge is 0.466 e. The van der Waals surface area contributed by atoms with Crippen molar-refractivity contribution in [3.63, 3.8) is 0 Å². The first-order valence-corrected chi connectivity index (χ1v) is 9.41. The maximum Gasteiger partial charge on any atom is 0.306 e. The normalized spacial score (nSPS) is 15.9. The lowest BCUT2D eigenvalue weighted by Crippen LogP contribution is -2.52. The molecule has 1 amide bonds. The molecule has 2 heterocycles. The number of ether oxygens (including phenoxy) is 1. The Morgan fingerprint density at radius 2 is 2.00 bits per heavy atom. The van der Waals surface area contributed by atoms with E-state index in [0.717, 1.165) is 24.3 Å². The predicted octanol–water partition coefficient (Wildman–Crippen LogP) is 2.10. The van der Waals surface area contributed by atoms with Crippen LogP contribution in [0.15, 0.2) is 42.7 Å². The van der Waals surface area contributed by atoms with Crippen molar-refractivity contribution in [3.8, 4) is 0 Å². The Bertz CT molecular complexity index is 750. The highest BCUT2D eigenvalue weighted by atomic mass is 16.5. The molecule has 27 heavy (non-hydrogen) atoms. The number of anilines is 1. The van der Waals surface area contributed by atoms with Gasteiger partial charge in [-0.25, -0.2) is 0 Å². The lowest BCUT2D eigenvalue weighted by molar-refractivity contribution is -0.143. The highest BCUT2D eigenvalue weighted by molar-refractivity contribution is 5.96. The predicted molar refractivity (Wildman–Crippen MR) is 102 cm³/mol. The lowest BCUT2D eigenvalue weighted by Gasteiger charge is -2.36. The summed E-state index contributed by atoms with van der Waals surface area (Å²) in [4.78, 5) is 24.6. The third-order valence-corrected chi connectivity index (χ3v) is 4.93. The quantitative estimate of drug-likeness (QED) is 0.729. The fraction of sp³-hybridized carbons (Fsp3) is 0.450. The fourth-order valence-corrected chi connectivity index (χ4v) is 3.40. The van der Waals surface area contributed by atoms with E-state index in [2.05, 4.69) is 15.7 Å². The number of aryl methyl sites for hydroxylation is 1. The van der Waals surface area contributed by atoms with E-state index in [0.29, 0.717) is 32.3 Å². The molecule has 0 unspecified atom stereocenters. The topological polar surface area (TPSA) is 85.2 Å². The Labute approximate surface area is 159 Å². The standard InChI is InChI=1S/C20H26N4O3/c1-2-27-18(25)9-6-16-4-7-17(8-5-16)23-19(26)20(10-13-21-14-11-20)24-15-3-12-22-24/h3-5,7-8,12,15,21H,2,6,9-11,13-14H2,1H3,(H,23,26). The molecule has 0 saturated carbocycles. The summed E-state index contributed by atoms with van der Waals surface area (Å²) in [6.45, 7) is 3.76. The number of rotatable bonds is 7. The van der Waals surface area contributed by atoms with Crippen LogP contribution in [0.1, 0.15) is 31.7 Å². The first-order chi connectivity index (χ1) is 13.1. The number of carbonyl (C=O) groups is 2. The van der Waals surface area contributed by atoms with Crippen molar-refractivity contribution in [2.75, 3.05) is 25.0 Å². The van der Waals surface area contributed by atoms with E-state index >= 15 is 0 Å². The monoisotopic (exact) mass is 370 g/mol. The molecule has 1 fully saturated rings. The number of benzene rings is 1. The molecule has 144 valence electrons. The van der Waals surface area contributed by atoms with Crippen molar-refractivity contribution in [3.05, 3.63) is 48.3 Å². The van der Waals surface area contributed by atoms with E-state index in [1.54, 1.807) is 17.8 Å². The van der Waals surface area contributed by atoms with Crippen LogP contribution in [0.3, 0.4) is 0 Å². The van der Waals surface area contributed by atoms with Gasteiger partial charge in [-0.1, -0.05) is 12.1 Å². The van der Waals surface area contributed by atoms with Crippen LogP contribution in [0.4, 0.5) is 5.69 Å². The third-order valence-electron chi connectivity index (χ3n) is 4.93. The molecule has 1 aromatic carbocycles. The van der Waals surface area contributed by atoms with E-state index in [1.165, 1.54) is 0 Å². The molecule has 7 heteroatoms. The van der Waals surface area contributed by atoms with Crippen molar-refractivity contribution >= 4 is 17.6 Å². The number of esters is 1. The zero-order chi connectivity index (χ0) is 19.1. The van der Waals surface area contributed by atoms with Gasteiger partial charge in [-0.15, -0.1) is 0 Å². The zero-order valence-corrected chi connectivity index (χ0v) is 15.6. The fourth-order valence-electron chi connectivity index (χ4n) is 3.40. The van der Waals surface area contributed by atoms with Gasteiger partial charge in [0.15, 0.2) is 0 Å². The first kappa shape index (κ1) is 19.1. The third kappa shape index (κ3) is 4.54. The average molecular weight is 370 g/mol. The van der Waals surface area contributed by atoms with Gasteiger partial charge in [0.25, 0.3) is 5.91 Å². The minimum atomic E-state index is -0.669. The zero-order valence-electron chi connectivity index (χ0n) is 15.6. The molecule has 1 aromatic heterocycles. The van der Waals surface area contributed by atoms with Gasteiger partial charge in [-0.2, -0.15) is 5.10 Å². The van der Waals surface area contributed by atoms with E-state index in [4.69, 9.17) is 4.74 Å². The van der Waals surface area contributed by atoms with Gasteiger partial charge in [0.2, 0.25) is 0 Å². The Kier molecular flexibility index (Phi) is 6.24. The molecule has 2 N–H and O–H groups in total. The molecule has 0 bridgehead atoms.